The van der Waals surface area contributed by atoms with Gasteiger partial charge in [0.15, 0.2) is 0 Å². The van der Waals surface area contributed by atoms with Crippen LogP contribution in [0.5, 0.6) is 0 Å². The first kappa shape index (κ1) is 13.9. The zero-order valence-corrected chi connectivity index (χ0v) is 11.9. The molecule has 0 amide bonds. The fourth-order valence-electron chi connectivity index (χ4n) is 2.19. The Morgan fingerprint density at radius 2 is 1.89 bits per heavy atom. The SMILES string of the molecule is CC(c1cccc(Cl)c1)N(C)c1ccccc1CO. The lowest BCUT2D eigenvalue weighted by molar-refractivity contribution is 0.282. The van der Waals surface area contributed by atoms with Crippen molar-refractivity contribution in [3.63, 3.8) is 0 Å². The highest BCUT2D eigenvalue weighted by Gasteiger charge is 2.14. The number of halogens is 1. The molecular weight excluding hydrogens is 258 g/mol. The lowest BCUT2D eigenvalue weighted by Crippen LogP contribution is -2.22. The van der Waals surface area contributed by atoms with Gasteiger partial charge in [-0.15, -0.1) is 0 Å². The fraction of sp³-hybridized carbons (Fsp3) is 0.250. The molecular formula is C16H18ClNO. The summed E-state index contributed by atoms with van der Waals surface area (Å²) in [5.41, 5.74) is 3.12. The third kappa shape index (κ3) is 3.09. The lowest BCUT2D eigenvalue weighted by atomic mass is 10.1. The second-order valence-electron chi connectivity index (χ2n) is 4.63. The Hall–Kier alpha value is -1.51. The van der Waals surface area contributed by atoms with Gasteiger partial charge < -0.3 is 10.0 Å². The van der Waals surface area contributed by atoms with Gasteiger partial charge in [0, 0.05) is 23.3 Å². The number of benzene rings is 2. The summed E-state index contributed by atoms with van der Waals surface area (Å²) in [5, 5.41) is 10.2. The summed E-state index contributed by atoms with van der Waals surface area (Å²) in [6, 6.07) is 15.9. The maximum atomic E-state index is 9.42. The molecule has 0 fully saturated rings. The molecule has 0 aliphatic rings. The van der Waals surface area contributed by atoms with E-state index in [1.807, 2.05) is 49.5 Å². The Labute approximate surface area is 119 Å². The second kappa shape index (κ2) is 6.09. The summed E-state index contributed by atoms with van der Waals surface area (Å²) >= 11 is 6.04. The largest absolute Gasteiger partial charge is 0.392 e. The molecule has 0 aliphatic heterocycles. The van der Waals surface area contributed by atoms with Crippen LogP contribution in [0, 0.1) is 0 Å². The summed E-state index contributed by atoms with van der Waals surface area (Å²) in [5.74, 6) is 0. The Bertz CT molecular complexity index is 556. The highest BCUT2D eigenvalue weighted by atomic mass is 35.5. The maximum Gasteiger partial charge on any atom is 0.0702 e. The fourth-order valence-corrected chi connectivity index (χ4v) is 2.39. The van der Waals surface area contributed by atoms with Crippen LogP contribution >= 0.6 is 11.6 Å². The third-order valence-corrected chi connectivity index (χ3v) is 3.69. The summed E-state index contributed by atoms with van der Waals surface area (Å²) in [4.78, 5) is 2.15. The molecule has 0 bridgehead atoms. The average Bonchev–Trinajstić information content (AvgIpc) is 2.45. The smallest absolute Gasteiger partial charge is 0.0702 e. The predicted octanol–water partition coefficient (Wildman–Crippen LogP) is 4.03. The molecule has 0 saturated heterocycles. The van der Waals surface area contributed by atoms with E-state index in [0.717, 1.165) is 21.8 Å². The van der Waals surface area contributed by atoms with Crippen molar-refractivity contribution in [1.82, 2.24) is 0 Å². The number of para-hydroxylation sites is 1. The van der Waals surface area contributed by atoms with E-state index in [0.29, 0.717) is 0 Å². The molecule has 0 spiro atoms. The van der Waals surface area contributed by atoms with Crippen LogP contribution in [-0.2, 0) is 6.61 Å². The van der Waals surface area contributed by atoms with Crippen molar-refractivity contribution in [2.75, 3.05) is 11.9 Å². The average molecular weight is 276 g/mol. The minimum Gasteiger partial charge on any atom is -0.392 e. The van der Waals surface area contributed by atoms with E-state index >= 15 is 0 Å². The molecule has 2 rings (SSSR count). The molecule has 0 saturated carbocycles. The van der Waals surface area contributed by atoms with E-state index in [-0.39, 0.29) is 12.6 Å². The molecule has 2 aromatic rings. The van der Waals surface area contributed by atoms with E-state index in [9.17, 15) is 5.11 Å². The van der Waals surface area contributed by atoms with Gasteiger partial charge in [0.25, 0.3) is 0 Å². The van der Waals surface area contributed by atoms with Crippen LogP contribution in [0.15, 0.2) is 48.5 Å². The normalized spacial score (nSPS) is 12.2. The Balaban J connectivity index is 2.30. The van der Waals surface area contributed by atoms with Crippen LogP contribution in [0.2, 0.25) is 5.02 Å². The van der Waals surface area contributed by atoms with Gasteiger partial charge in [-0.1, -0.05) is 41.9 Å². The summed E-state index contributed by atoms with van der Waals surface area (Å²) in [7, 11) is 2.03. The van der Waals surface area contributed by atoms with Crippen LogP contribution in [0.3, 0.4) is 0 Å². The minimum absolute atomic E-state index is 0.0444. The number of nitrogens with zero attached hydrogens (tertiary/aromatic N) is 1. The van der Waals surface area contributed by atoms with Crippen molar-refractivity contribution in [3.8, 4) is 0 Å². The van der Waals surface area contributed by atoms with Gasteiger partial charge in [-0.25, -0.2) is 0 Å². The molecule has 0 aliphatic carbocycles. The quantitative estimate of drug-likeness (QED) is 0.911. The first-order valence-corrected chi connectivity index (χ1v) is 6.68. The van der Waals surface area contributed by atoms with Gasteiger partial charge in [-0.2, -0.15) is 0 Å². The molecule has 1 atom stereocenters. The van der Waals surface area contributed by atoms with Crippen molar-refractivity contribution in [2.24, 2.45) is 0 Å². The molecule has 19 heavy (non-hydrogen) atoms. The topological polar surface area (TPSA) is 23.5 Å². The molecule has 1 unspecified atom stereocenters. The van der Waals surface area contributed by atoms with Crippen molar-refractivity contribution < 1.29 is 5.11 Å². The molecule has 0 aromatic heterocycles. The van der Waals surface area contributed by atoms with Crippen LogP contribution in [0.25, 0.3) is 0 Å². The van der Waals surface area contributed by atoms with Gasteiger partial charge in [0.1, 0.15) is 0 Å². The number of anilines is 1. The van der Waals surface area contributed by atoms with Gasteiger partial charge in [-0.05, 0) is 30.7 Å². The Morgan fingerprint density at radius 1 is 1.16 bits per heavy atom. The maximum absolute atomic E-state index is 9.42. The molecule has 2 aromatic carbocycles. The van der Waals surface area contributed by atoms with Crippen molar-refractivity contribution in [3.05, 3.63) is 64.7 Å². The van der Waals surface area contributed by atoms with Crippen molar-refractivity contribution >= 4 is 17.3 Å². The molecule has 3 heteroatoms. The zero-order chi connectivity index (χ0) is 13.8. The van der Waals surface area contributed by atoms with Crippen molar-refractivity contribution in [1.29, 1.82) is 0 Å². The second-order valence-corrected chi connectivity index (χ2v) is 5.07. The summed E-state index contributed by atoms with van der Waals surface area (Å²) in [6.45, 7) is 2.17. The standard InChI is InChI=1S/C16H18ClNO/c1-12(13-7-5-8-15(17)10-13)18(2)16-9-4-3-6-14(16)11-19/h3-10,12,19H,11H2,1-2H3. The Kier molecular flexibility index (Phi) is 4.46. The van der Waals surface area contributed by atoms with E-state index < -0.39 is 0 Å². The molecule has 0 radical (unpaired) electrons. The van der Waals surface area contributed by atoms with E-state index in [2.05, 4.69) is 17.9 Å². The first-order chi connectivity index (χ1) is 9.13. The highest BCUT2D eigenvalue weighted by Crippen LogP contribution is 2.29. The number of hydrogen-bond donors (Lipinski definition) is 1. The minimum atomic E-state index is 0.0444. The molecule has 1 N–H and O–H groups in total. The number of aliphatic hydroxyl groups excluding tert-OH is 1. The zero-order valence-electron chi connectivity index (χ0n) is 11.2. The molecule has 100 valence electrons. The highest BCUT2D eigenvalue weighted by molar-refractivity contribution is 6.30. The summed E-state index contributed by atoms with van der Waals surface area (Å²) in [6.07, 6.45) is 0. The molecule has 2 nitrogen and oxygen atoms in total. The van der Waals surface area contributed by atoms with E-state index in [1.165, 1.54) is 0 Å². The van der Waals surface area contributed by atoms with Gasteiger partial charge in [0.2, 0.25) is 0 Å². The summed E-state index contributed by atoms with van der Waals surface area (Å²) < 4.78 is 0. The molecule has 0 heterocycles. The predicted molar refractivity (Wildman–Crippen MR) is 80.6 cm³/mol. The van der Waals surface area contributed by atoms with Crippen molar-refractivity contribution in [2.45, 2.75) is 19.6 Å². The van der Waals surface area contributed by atoms with Crippen LogP contribution in [0.1, 0.15) is 24.1 Å². The van der Waals surface area contributed by atoms with Crippen LogP contribution < -0.4 is 4.90 Å². The lowest BCUT2D eigenvalue weighted by Gasteiger charge is -2.29. The van der Waals surface area contributed by atoms with E-state index in [4.69, 9.17) is 11.6 Å². The van der Waals surface area contributed by atoms with Gasteiger partial charge in [0.05, 0.1) is 12.6 Å². The van der Waals surface area contributed by atoms with Gasteiger partial charge in [-0.3, -0.25) is 0 Å². The Morgan fingerprint density at radius 3 is 2.58 bits per heavy atom. The van der Waals surface area contributed by atoms with E-state index in [1.54, 1.807) is 0 Å². The number of rotatable bonds is 4. The number of aliphatic hydroxyl groups is 1. The van der Waals surface area contributed by atoms with Crippen LogP contribution in [-0.4, -0.2) is 12.2 Å². The third-order valence-electron chi connectivity index (χ3n) is 3.45. The number of hydrogen-bond acceptors (Lipinski definition) is 2. The van der Waals surface area contributed by atoms with Gasteiger partial charge >= 0.3 is 0 Å². The monoisotopic (exact) mass is 275 g/mol. The van der Waals surface area contributed by atoms with Crippen LogP contribution in [0.4, 0.5) is 5.69 Å². The first-order valence-electron chi connectivity index (χ1n) is 6.30.